The maximum atomic E-state index is 6.27. The molecule has 0 amide bonds. The fourth-order valence-electron chi connectivity index (χ4n) is 3.59. The summed E-state index contributed by atoms with van der Waals surface area (Å²) in [5.41, 5.74) is 1.75. The van der Waals surface area contributed by atoms with Gasteiger partial charge in [0.05, 0.1) is 0 Å². The number of thiazole rings is 1. The van der Waals surface area contributed by atoms with Crippen molar-refractivity contribution in [3.63, 3.8) is 0 Å². The van der Waals surface area contributed by atoms with E-state index >= 15 is 0 Å². The van der Waals surface area contributed by atoms with Gasteiger partial charge in [0.1, 0.15) is 21.9 Å². The van der Waals surface area contributed by atoms with E-state index in [2.05, 4.69) is 37.7 Å². The Morgan fingerprint density at radius 3 is 3.03 bits per heavy atom. The molecule has 0 radical (unpaired) electrons. The van der Waals surface area contributed by atoms with Crippen molar-refractivity contribution in [2.24, 2.45) is 0 Å². The molecule has 1 fully saturated rings. The monoisotopic (exact) mass is 406 g/mol. The van der Waals surface area contributed by atoms with Gasteiger partial charge in [0, 0.05) is 41.5 Å². The minimum absolute atomic E-state index is 0.347. The number of H-pyrrole nitrogens is 1. The predicted molar refractivity (Wildman–Crippen MR) is 116 cm³/mol. The lowest BCUT2D eigenvalue weighted by Gasteiger charge is -2.23. The number of hydrogen-bond donors (Lipinski definition) is 3. The van der Waals surface area contributed by atoms with Gasteiger partial charge in [-0.25, -0.2) is 9.97 Å². The van der Waals surface area contributed by atoms with Crippen LogP contribution in [0.2, 0.25) is 0 Å². The Hall–Kier alpha value is -2.97. The Morgan fingerprint density at radius 2 is 2.21 bits per heavy atom. The van der Waals surface area contributed by atoms with E-state index < -0.39 is 0 Å². The van der Waals surface area contributed by atoms with E-state index in [0.717, 1.165) is 59.2 Å². The predicted octanol–water partition coefficient (Wildman–Crippen LogP) is 4.35. The molecule has 3 N–H and O–H groups in total. The largest absolute Gasteiger partial charge is 0.456 e. The molecule has 1 aliphatic heterocycles. The number of hydrogen-bond acceptors (Lipinski definition) is 7. The van der Waals surface area contributed by atoms with Crippen molar-refractivity contribution in [2.75, 3.05) is 18.4 Å². The molecule has 4 aromatic rings. The average molecular weight is 407 g/mol. The van der Waals surface area contributed by atoms with Crippen molar-refractivity contribution in [1.82, 2.24) is 25.5 Å². The van der Waals surface area contributed by atoms with Crippen LogP contribution in [0.15, 0.2) is 42.7 Å². The van der Waals surface area contributed by atoms with Gasteiger partial charge in [0.15, 0.2) is 11.5 Å². The number of aromatic amines is 1. The van der Waals surface area contributed by atoms with Crippen molar-refractivity contribution in [2.45, 2.75) is 25.8 Å². The highest BCUT2D eigenvalue weighted by molar-refractivity contribution is 7.14. The van der Waals surface area contributed by atoms with E-state index in [1.807, 2.05) is 36.5 Å². The molecule has 0 unspecified atom stereocenters. The summed E-state index contributed by atoms with van der Waals surface area (Å²) in [5.74, 6) is 2.26. The third kappa shape index (κ3) is 3.81. The number of fused-ring (bicyclic) bond motifs is 1. The van der Waals surface area contributed by atoms with Crippen LogP contribution in [-0.4, -0.2) is 39.3 Å². The van der Waals surface area contributed by atoms with Crippen LogP contribution in [0.3, 0.4) is 0 Å². The second kappa shape index (κ2) is 7.81. The van der Waals surface area contributed by atoms with Gasteiger partial charge >= 0.3 is 0 Å². The lowest BCUT2D eigenvalue weighted by molar-refractivity contribution is 0.478. The second-order valence-electron chi connectivity index (χ2n) is 7.20. The second-order valence-corrected chi connectivity index (χ2v) is 8.43. The Kier molecular flexibility index (Phi) is 4.87. The summed E-state index contributed by atoms with van der Waals surface area (Å²) in [4.78, 5) is 10.1. The first-order valence-electron chi connectivity index (χ1n) is 9.77. The average Bonchev–Trinajstić information content (AvgIpc) is 3.36. The van der Waals surface area contributed by atoms with Crippen LogP contribution >= 0.6 is 11.3 Å². The smallest absolute Gasteiger partial charge is 0.161 e. The number of benzene rings is 1. The summed E-state index contributed by atoms with van der Waals surface area (Å²) in [7, 11) is 0. The molecule has 5 rings (SSSR count). The molecule has 1 saturated heterocycles. The Morgan fingerprint density at radius 1 is 1.24 bits per heavy atom. The van der Waals surface area contributed by atoms with Crippen LogP contribution in [0.1, 0.15) is 17.7 Å². The Balaban J connectivity index is 1.45. The number of nitrogens with zero attached hydrogens (tertiary/aromatic N) is 3. The fourth-order valence-corrected chi connectivity index (χ4v) is 4.35. The molecule has 0 spiro atoms. The molecular weight excluding hydrogens is 384 g/mol. The Labute approximate surface area is 172 Å². The fraction of sp³-hybridized carbons (Fsp3) is 0.286. The molecule has 0 bridgehead atoms. The van der Waals surface area contributed by atoms with E-state index in [-0.39, 0.29) is 0 Å². The van der Waals surface area contributed by atoms with E-state index in [0.29, 0.717) is 11.7 Å². The van der Waals surface area contributed by atoms with Crippen molar-refractivity contribution < 1.29 is 4.74 Å². The van der Waals surface area contributed by atoms with Gasteiger partial charge in [-0.15, -0.1) is 11.3 Å². The van der Waals surface area contributed by atoms with Crippen molar-refractivity contribution in [3.05, 3.63) is 47.6 Å². The molecule has 3 aromatic heterocycles. The zero-order valence-electron chi connectivity index (χ0n) is 16.1. The van der Waals surface area contributed by atoms with E-state index in [4.69, 9.17) is 4.74 Å². The molecule has 0 aliphatic carbocycles. The van der Waals surface area contributed by atoms with Crippen molar-refractivity contribution in [1.29, 1.82) is 0 Å². The van der Waals surface area contributed by atoms with Crippen LogP contribution in [-0.2, 0) is 0 Å². The van der Waals surface area contributed by atoms with Gasteiger partial charge in [-0.1, -0.05) is 12.1 Å². The van der Waals surface area contributed by atoms with Gasteiger partial charge in [-0.3, -0.25) is 5.10 Å². The number of piperidine rings is 1. The number of nitrogens with one attached hydrogen (secondary N) is 3. The summed E-state index contributed by atoms with van der Waals surface area (Å²) >= 11 is 1.67. The molecule has 4 heterocycles. The lowest BCUT2D eigenvalue weighted by Crippen LogP contribution is -2.38. The maximum Gasteiger partial charge on any atom is 0.161 e. The van der Waals surface area contributed by atoms with Gasteiger partial charge in [-0.2, -0.15) is 5.10 Å². The molecule has 1 aromatic carbocycles. The molecule has 1 atom stereocenters. The third-order valence-corrected chi connectivity index (χ3v) is 5.95. The zero-order chi connectivity index (χ0) is 19.6. The first-order chi connectivity index (χ1) is 14.3. The number of pyridine rings is 1. The SMILES string of the molecule is Cc1cnc(-c2cccc(Oc3ccnc4[nH]nc(N[C@@H]5CCCNC5)c34)c2)s1. The van der Waals surface area contributed by atoms with Crippen molar-refractivity contribution in [3.8, 4) is 22.1 Å². The van der Waals surface area contributed by atoms with E-state index in [9.17, 15) is 0 Å². The number of ether oxygens (including phenoxy) is 1. The van der Waals surface area contributed by atoms with E-state index in [1.54, 1.807) is 17.5 Å². The first kappa shape index (κ1) is 18.1. The van der Waals surface area contributed by atoms with Gasteiger partial charge in [-0.05, 0) is 38.4 Å². The number of anilines is 1. The number of rotatable bonds is 5. The van der Waals surface area contributed by atoms with Crippen LogP contribution in [0, 0.1) is 6.92 Å². The lowest BCUT2D eigenvalue weighted by atomic mass is 10.1. The van der Waals surface area contributed by atoms with Gasteiger partial charge < -0.3 is 15.4 Å². The molecule has 7 nitrogen and oxygen atoms in total. The summed E-state index contributed by atoms with van der Waals surface area (Å²) in [6, 6.07) is 10.2. The first-order valence-corrected chi connectivity index (χ1v) is 10.6. The molecule has 0 saturated carbocycles. The summed E-state index contributed by atoms with van der Waals surface area (Å²) in [6.07, 6.45) is 5.90. The van der Waals surface area contributed by atoms with Gasteiger partial charge in [0.25, 0.3) is 0 Å². The minimum atomic E-state index is 0.347. The van der Waals surface area contributed by atoms with Crippen LogP contribution in [0.5, 0.6) is 11.5 Å². The van der Waals surface area contributed by atoms with Crippen molar-refractivity contribution >= 4 is 28.2 Å². The van der Waals surface area contributed by atoms with Crippen LogP contribution in [0.4, 0.5) is 5.82 Å². The summed E-state index contributed by atoms with van der Waals surface area (Å²) < 4.78 is 6.27. The van der Waals surface area contributed by atoms with Crippen LogP contribution in [0.25, 0.3) is 21.6 Å². The van der Waals surface area contributed by atoms with E-state index in [1.165, 1.54) is 4.88 Å². The standard InChI is InChI=1S/C21H22N6OS/c1-13-11-24-21(29-13)14-4-2-6-16(10-14)28-17-7-9-23-19-18(17)20(27-26-19)25-15-5-3-8-22-12-15/h2,4,6-7,9-11,15,22H,3,5,8,12H2,1H3,(H2,23,25,26,27)/t15-/m1/s1. The highest BCUT2D eigenvalue weighted by Crippen LogP contribution is 2.35. The third-order valence-electron chi connectivity index (χ3n) is 4.99. The molecule has 148 valence electrons. The zero-order valence-corrected chi connectivity index (χ0v) is 16.9. The highest BCUT2D eigenvalue weighted by Gasteiger charge is 2.18. The number of aromatic nitrogens is 4. The molecule has 8 heteroatoms. The van der Waals surface area contributed by atoms with Gasteiger partial charge in [0.2, 0.25) is 0 Å². The highest BCUT2D eigenvalue weighted by atomic mass is 32.1. The quantitative estimate of drug-likeness (QED) is 0.457. The Bertz CT molecular complexity index is 1130. The van der Waals surface area contributed by atoms with Crippen LogP contribution < -0.4 is 15.4 Å². The summed E-state index contributed by atoms with van der Waals surface area (Å²) in [6.45, 7) is 4.06. The molecule has 29 heavy (non-hydrogen) atoms. The normalized spacial score (nSPS) is 16.8. The topological polar surface area (TPSA) is 87.8 Å². The maximum absolute atomic E-state index is 6.27. The molecular formula is C21H22N6OS. The minimum Gasteiger partial charge on any atom is -0.456 e. The number of aryl methyl sites for hydroxylation is 1. The summed E-state index contributed by atoms with van der Waals surface area (Å²) in [5, 5.41) is 16.3. The molecule has 1 aliphatic rings.